The Kier molecular flexibility index (Phi) is 4.08. The Morgan fingerprint density at radius 1 is 1.23 bits per heavy atom. The number of rotatable bonds is 5. The second kappa shape index (κ2) is 4.87. The van der Waals surface area contributed by atoms with Crippen LogP contribution in [0.15, 0.2) is 16.8 Å². The van der Waals surface area contributed by atoms with Gasteiger partial charge in [-0.15, -0.1) is 0 Å². The van der Waals surface area contributed by atoms with E-state index in [1.165, 1.54) is 5.56 Å². The van der Waals surface area contributed by atoms with Crippen molar-refractivity contribution in [1.82, 2.24) is 0 Å². The van der Waals surface area contributed by atoms with E-state index in [4.69, 9.17) is 13.3 Å². The first-order valence-corrected chi connectivity index (χ1v) is 6.80. The standard InChI is InChI=1S/C8H14O3SSi/c1-9-13(10-2,11-3)7-8-4-5-12-6-8/h4-6H,7H2,1-3H3. The lowest BCUT2D eigenvalue weighted by Crippen LogP contribution is -2.45. The SMILES string of the molecule is CO[Si](Cc1ccsc1)(OC)OC. The molecule has 5 heteroatoms. The topological polar surface area (TPSA) is 27.7 Å². The lowest BCUT2D eigenvalue weighted by Gasteiger charge is -2.23. The quantitative estimate of drug-likeness (QED) is 0.704. The molecule has 1 aromatic heterocycles. The molecule has 0 aliphatic carbocycles. The van der Waals surface area contributed by atoms with E-state index in [-0.39, 0.29) is 0 Å². The van der Waals surface area contributed by atoms with Crippen molar-refractivity contribution < 1.29 is 13.3 Å². The molecule has 74 valence electrons. The van der Waals surface area contributed by atoms with Gasteiger partial charge in [-0.1, -0.05) is 0 Å². The predicted octanol–water partition coefficient (Wildman–Crippen LogP) is 1.71. The molecule has 1 aromatic rings. The minimum Gasteiger partial charge on any atom is -0.377 e. The van der Waals surface area contributed by atoms with Crippen LogP contribution in [0.25, 0.3) is 0 Å². The largest absolute Gasteiger partial charge is 0.504 e. The van der Waals surface area contributed by atoms with E-state index < -0.39 is 8.80 Å². The highest BCUT2D eigenvalue weighted by molar-refractivity contribution is 7.08. The Hall–Kier alpha value is -0.203. The molecular weight excluding hydrogens is 204 g/mol. The first-order valence-electron chi connectivity index (χ1n) is 3.93. The fraction of sp³-hybridized carbons (Fsp3) is 0.500. The summed E-state index contributed by atoms with van der Waals surface area (Å²) in [5.74, 6) is 0. The molecule has 13 heavy (non-hydrogen) atoms. The third-order valence-electron chi connectivity index (χ3n) is 1.93. The molecule has 3 nitrogen and oxygen atoms in total. The summed E-state index contributed by atoms with van der Waals surface area (Å²) in [6.07, 6.45) is 0. The van der Waals surface area contributed by atoms with Crippen molar-refractivity contribution in [3.63, 3.8) is 0 Å². The van der Waals surface area contributed by atoms with E-state index in [0.717, 1.165) is 6.04 Å². The molecule has 0 fully saturated rings. The van der Waals surface area contributed by atoms with E-state index >= 15 is 0 Å². The van der Waals surface area contributed by atoms with Crippen molar-refractivity contribution in [2.24, 2.45) is 0 Å². The highest BCUT2D eigenvalue weighted by atomic mass is 32.1. The van der Waals surface area contributed by atoms with Gasteiger partial charge >= 0.3 is 8.80 Å². The third kappa shape index (κ3) is 2.62. The summed E-state index contributed by atoms with van der Waals surface area (Å²) >= 11 is 1.67. The number of hydrogen-bond donors (Lipinski definition) is 0. The van der Waals surface area contributed by atoms with Gasteiger partial charge in [-0.05, 0) is 22.4 Å². The first kappa shape index (κ1) is 10.9. The highest BCUT2D eigenvalue weighted by Gasteiger charge is 2.37. The second-order valence-corrected chi connectivity index (χ2v) is 6.33. The Morgan fingerprint density at radius 2 is 1.85 bits per heavy atom. The summed E-state index contributed by atoms with van der Waals surface area (Å²) in [7, 11) is 2.48. The zero-order chi connectivity index (χ0) is 9.73. The predicted molar refractivity (Wildman–Crippen MR) is 54.8 cm³/mol. The molecule has 0 saturated heterocycles. The summed E-state index contributed by atoms with van der Waals surface area (Å²) in [5.41, 5.74) is 1.21. The fourth-order valence-corrected chi connectivity index (χ4v) is 3.58. The zero-order valence-corrected chi connectivity index (χ0v) is 9.89. The zero-order valence-electron chi connectivity index (χ0n) is 8.07. The molecule has 0 aromatic carbocycles. The molecule has 0 saturated carbocycles. The molecule has 0 aliphatic heterocycles. The molecule has 0 unspecified atom stereocenters. The van der Waals surface area contributed by atoms with Crippen LogP contribution in [-0.4, -0.2) is 30.1 Å². The van der Waals surface area contributed by atoms with E-state index in [2.05, 4.69) is 11.4 Å². The number of thiophene rings is 1. The normalized spacial score (nSPS) is 11.9. The van der Waals surface area contributed by atoms with Crippen LogP contribution in [0.5, 0.6) is 0 Å². The Morgan fingerprint density at radius 3 is 2.23 bits per heavy atom. The second-order valence-electron chi connectivity index (χ2n) is 2.60. The molecule has 0 amide bonds. The van der Waals surface area contributed by atoms with E-state index in [1.54, 1.807) is 32.7 Å². The number of hydrogen-bond acceptors (Lipinski definition) is 4. The van der Waals surface area contributed by atoms with Crippen LogP contribution in [0.3, 0.4) is 0 Å². The maximum atomic E-state index is 5.31. The monoisotopic (exact) mass is 218 g/mol. The highest BCUT2D eigenvalue weighted by Crippen LogP contribution is 2.16. The molecule has 1 heterocycles. The molecule has 0 spiro atoms. The van der Waals surface area contributed by atoms with Crippen LogP contribution < -0.4 is 0 Å². The molecule has 0 N–H and O–H groups in total. The average Bonchev–Trinajstić information content (AvgIpc) is 2.67. The molecular formula is C8H14O3SSi. The minimum absolute atomic E-state index is 0.736. The first-order chi connectivity index (χ1) is 6.26. The van der Waals surface area contributed by atoms with Crippen LogP contribution in [0, 0.1) is 0 Å². The Balaban J connectivity index is 2.67. The summed E-state index contributed by atoms with van der Waals surface area (Å²) in [6, 6.07) is 2.80. The lowest BCUT2D eigenvalue weighted by molar-refractivity contribution is 0.123. The maximum absolute atomic E-state index is 5.31. The van der Waals surface area contributed by atoms with Crippen LogP contribution >= 0.6 is 11.3 Å². The maximum Gasteiger partial charge on any atom is 0.504 e. The Labute approximate surface area is 83.6 Å². The smallest absolute Gasteiger partial charge is 0.377 e. The third-order valence-corrected chi connectivity index (χ3v) is 5.37. The Bertz CT molecular complexity index is 225. The summed E-state index contributed by atoms with van der Waals surface area (Å²) in [4.78, 5) is 0. The molecule has 0 radical (unpaired) electrons. The van der Waals surface area contributed by atoms with Crippen LogP contribution in [0.2, 0.25) is 0 Å². The lowest BCUT2D eigenvalue weighted by atomic mass is 10.4. The van der Waals surface area contributed by atoms with Crippen molar-refractivity contribution in [1.29, 1.82) is 0 Å². The summed E-state index contributed by atoms with van der Waals surface area (Å²) in [6.45, 7) is 0. The summed E-state index contributed by atoms with van der Waals surface area (Å²) in [5, 5.41) is 4.12. The van der Waals surface area contributed by atoms with E-state index in [9.17, 15) is 0 Å². The van der Waals surface area contributed by atoms with Gasteiger partial charge in [0.05, 0.1) is 0 Å². The van der Waals surface area contributed by atoms with Gasteiger partial charge in [-0.3, -0.25) is 0 Å². The van der Waals surface area contributed by atoms with Crippen LogP contribution in [0.4, 0.5) is 0 Å². The van der Waals surface area contributed by atoms with Gasteiger partial charge in [-0.2, -0.15) is 11.3 Å². The van der Waals surface area contributed by atoms with Crippen molar-refractivity contribution in [3.8, 4) is 0 Å². The van der Waals surface area contributed by atoms with Gasteiger partial charge in [0, 0.05) is 27.4 Å². The molecule has 1 rings (SSSR count). The van der Waals surface area contributed by atoms with Gasteiger partial charge in [0.1, 0.15) is 0 Å². The molecule has 0 bridgehead atoms. The van der Waals surface area contributed by atoms with E-state index in [1.807, 2.05) is 5.38 Å². The van der Waals surface area contributed by atoms with Crippen molar-refractivity contribution in [3.05, 3.63) is 22.4 Å². The van der Waals surface area contributed by atoms with Gasteiger partial charge in [0.25, 0.3) is 0 Å². The van der Waals surface area contributed by atoms with Crippen LogP contribution in [-0.2, 0) is 19.3 Å². The van der Waals surface area contributed by atoms with Gasteiger partial charge in [-0.25, -0.2) is 0 Å². The van der Waals surface area contributed by atoms with Crippen molar-refractivity contribution in [2.75, 3.05) is 21.3 Å². The van der Waals surface area contributed by atoms with E-state index in [0.29, 0.717) is 0 Å². The van der Waals surface area contributed by atoms with Crippen molar-refractivity contribution >= 4 is 20.1 Å². The minimum atomic E-state index is -2.42. The molecule has 0 aliphatic rings. The summed E-state index contributed by atoms with van der Waals surface area (Å²) < 4.78 is 15.9. The van der Waals surface area contributed by atoms with Gasteiger partial charge < -0.3 is 13.3 Å². The van der Waals surface area contributed by atoms with Crippen molar-refractivity contribution in [2.45, 2.75) is 6.04 Å². The molecule has 0 atom stereocenters. The van der Waals surface area contributed by atoms with Crippen LogP contribution in [0.1, 0.15) is 5.56 Å². The van der Waals surface area contributed by atoms with Gasteiger partial charge in [0.15, 0.2) is 0 Å². The fourth-order valence-electron chi connectivity index (χ4n) is 1.11. The average molecular weight is 218 g/mol. The van der Waals surface area contributed by atoms with Gasteiger partial charge in [0.2, 0.25) is 0 Å².